The van der Waals surface area contributed by atoms with Crippen molar-refractivity contribution in [2.45, 2.75) is 6.92 Å². The third-order valence-corrected chi connectivity index (χ3v) is 2.75. The molecule has 2 rings (SSSR count). The van der Waals surface area contributed by atoms with Gasteiger partial charge in [-0.1, -0.05) is 0 Å². The van der Waals surface area contributed by atoms with Crippen LogP contribution in [0.1, 0.15) is 15.9 Å². The summed E-state index contributed by atoms with van der Waals surface area (Å²) in [4.78, 5) is 16.0. The third kappa shape index (κ3) is 2.88. The molecule has 1 aromatic carbocycles. The van der Waals surface area contributed by atoms with Crippen molar-refractivity contribution in [3.05, 3.63) is 53.6 Å². The number of halogens is 1. The molecule has 0 unspecified atom stereocenters. The largest absolute Gasteiger partial charge is 0.387 e. The number of aryl methyl sites for hydroxylation is 1. The van der Waals surface area contributed by atoms with Gasteiger partial charge in [0.25, 0.3) is 5.91 Å². The number of hydrogen-bond acceptors (Lipinski definition) is 3. The van der Waals surface area contributed by atoms with Crippen LogP contribution in [-0.2, 0) is 0 Å². The summed E-state index contributed by atoms with van der Waals surface area (Å²) in [6, 6.07) is 6.15. The Hall–Kier alpha value is -2.43. The standard InChI is InChI=1S/C14H14FN3O/c1-9-7-10(3-4-12(9)15)18-14(19)11-8-17-6-5-13(11)16-2/h3-8H,1-2H3,(H,16,17)(H,18,19). The van der Waals surface area contributed by atoms with Crippen LogP contribution in [0.4, 0.5) is 15.8 Å². The van der Waals surface area contributed by atoms with Crippen LogP contribution in [0, 0.1) is 12.7 Å². The molecule has 4 nitrogen and oxygen atoms in total. The number of benzene rings is 1. The average Bonchev–Trinajstić information content (AvgIpc) is 2.43. The Morgan fingerprint density at radius 3 is 2.79 bits per heavy atom. The van der Waals surface area contributed by atoms with Crippen LogP contribution in [0.15, 0.2) is 36.7 Å². The molecule has 0 aliphatic carbocycles. The van der Waals surface area contributed by atoms with Gasteiger partial charge in [0.15, 0.2) is 0 Å². The molecule has 0 aliphatic heterocycles. The molecule has 0 bridgehead atoms. The summed E-state index contributed by atoms with van der Waals surface area (Å²) in [6.45, 7) is 1.65. The zero-order valence-electron chi connectivity index (χ0n) is 10.7. The van der Waals surface area contributed by atoms with E-state index in [1.807, 2.05) is 0 Å². The maximum Gasteiger partial charge on any atom is 0.259 e. The van der Waals surface area contributed by atoms with Crippen LogP contribution in [0.5, 0.6) is 0 Å². The fourth-order valence-corrected chi connectivity index (χ4v) is 1.71. The summed E-state index contributed by atoms with van der Waals surface area (Å²) in [5.74, 6) is -0.584. The Kier molecular flexibility index (Phi) is 3.75. The Balaban J connectivity index is 2.23. The minimum absolute atomic E-state index is 0.288. The molecular weight excluding hydrogens is 245 g/mol. The molecule has 0 saturated carbocycles. The van der Waals surface area contributed by atoms with Crippen LogP contribution in [0.25, 0.3) is 0 Å². The van der Waals surface area contributed by atoms with Crippen LogP contribution < -0.4 is 10.6 Å². The van der Waals surface area contributed by atoms with E-state index in [-0.39, 0.29) is 11.7 Å². The Labute approximate surface area is 110 Å². The highest BCUT2D eigenvalue weighted by molar-refractivity contribution is 6.07. The lowest BCUT2D eigenvalue weighted by Crippen LogP contribution is -2.14. The zero-order chi connectivity index (χ0) is 13.8. The van der Waals surface area contributed by atoms with E-state index < -0.39 is 0 Å². The molecule has 0 aliphatic rings. The molecule has 0 fully saturated rings. The molecule has 0 saturated heterocycles. The van der Waals surface area contributed by atoms with Crippen molar-refractivity contribution in [3.63, 3.8) is 0 Å². The number of amides is 1. The first-order valence-electron chi connectivity index (χ1n) is 5.81. The number of aromatic nitrogens is 1. The van der Waals surface area contributed by atoms with Gasteiger partial charge in [-0.15, -0.1) is 0 Å². The number of carbonyl (C=O) groups is 1. The molecule has 0 atom stereocenters. The van der Waals surface area contributed by atoms with E-state index in [0.29, 0.717) is 22.5 Å². The molecule has 1 amide bonds. The quantitative estimate of drug-likeness (QED) is 0.891. The lowest BCUT2D eigenvalue weighted by atomic mass is 10.2. The lowest BCUT2D eigenvalue weighted by molar-refractivity contribution is 0.102. The highest BCUT2D eigenvalue weighted by Gasteiger charge is 2.11. The molecule has 0 spiro atoms. The Morgan fingerprint density at radius 2 is 2.11 bits per heavy atom. The second-order valence-corrected chi connectivity index (χ2v) is 4.09. The molecule has 1 heterocycles. The summed E-state index contributed by atoms with van der Waals surface area (Å²) in [6.07, 6.45) is 3.09. The highest BCUT2D eigenvalue weighted by Crippen LogP contribution is 2.17. The van der Waals surface area contributed by atoms with Gasteiger partial charge in [0.05, 0.1) is 5.56 Å². The van der Waals surface area contributed by atoms with Gasteiger partial charge in [0.2, 0.25) is 0 Å². The molecule has 2 N–H and O–H groups in total. The minimum atomic E-state index is -0.296. The number of nitrogens with one attached hydrogen (secondary N) is 2. The molecule has 5 heteroatoms. The minimum Gasteiger partial charge on any atom is -0.387 e. The van der Waals surface area contributed by atoms with E-state index >= 15 is 0 Å². The lowest BCUT2D eigenvalue weighted by Gasteiger charge is -2.09. The second-order valence-electron chi connectivity index (χ2n) is 4.09. The van der Waals surface area contributed by atoms with Crippen molar-refractivity contribution in [1.29, 1.82) is 0 Å². The van der Waals surface area contributed by atoms with Gasteiger partial charge in [0, 0.05) is 30.8 Å². The number of rotatable bonds is 3. The smallest absolute Gasteiger partial charge is 0.259 e. The van der Waals surface area contributed by atoms with E-state index in [4.69, 9.17) is 0 Å². The topological polar surface area (TPSA) is 54.0 Å². The SMILES string of the molecule is CNc1ccncc1C(=O)Nc1ccc(F)c(C)c1. The molecule has 98 valence electrons. The average molecular weight is 259 g/mol. The summed E-state index contributed by atoms with van der Waals surface area (Å²) < 4.78 is 13.1. The van der Waals surface area contributed by atoms with Crippen LogP contribution in [-0.4, -0.2) is 17.9 Å². The van der Waals surface area contributed by atoms with Crippen molar-refractivity contribution in [2.75, 3.05) is 17.7 Å². The predicted molar refractivity (Wildman–Crippen MR) is 72.9 cm³/mol. The van der Waals surface area contributed by atoms with E-state index in [9.17, 15) is 9.18 Å². The first-order valence-corrected chi connectivity index (χ1v) is 5.81. The fraction of sp³-hybridized carbons (Fsp3) is 0.143. The molecule has 19 heavy (non-hydrogen) atoms. The molecule has 1 aromatic heterocycles. The molecule has 2 aromatic rings. The molecule has 0 radical (unpaired) electrons. The van der Waals surface area contributed by atoms with Gasteiger partial charge < -0.3 is 10.6 Å². The van der Waals surface area contributed by atoms with E-state index in [1.54, 1.807) is 32.3 Å². The van der Waals surface area contributed by atoms with Gasteiger partial charge in [-0.05, 0) is 36.8 Å². The van der Waals surface area contributed by atoms with Crippen LogP contribution in [0.2, 0.25) is 0 Å². The fourth-order valence-electron chi connectivity index (χ4n) is 1.71. The van der Waals surface area contributed by atoms with Gasteiger partial charge >= 0.3 is 0 Å². The maximum atomic E-state index is 13.1. The summed E-state index contributed by atoms with van der Waals surface area (Å²) in [5.41, 5.74) is 2.16. The number of pyridine rings is 1. The number of nitrogens with zero attached hydrogens (tertiary/aromatic N) is 1. The van der Waals surface area contributed by atoms with Crippen molar-refractivity contribution in [3.8, 4) is 0 Å². The monoisotopic (exact) mass is 259 g/mol. The van der Waals surface area contributed by atoms with E-state index in [1.165, 1.54) is 18.3 Å². The number of anilines is 2. The summed E-state index contributed by atoms with van der Waals surface area (Å²) in [7, 11) is 1.73. The predicted octanol–water partition coefficient (Wildman–Crippen LogP) is 2.82. The third-order valence-electron chi connectivity index (χ3n) is 2.75. The van der Waals surface area contributed by atoms with Crippen LogP contribution >= 0.6 is 0 Å². The van der Waals surface area contributed by atoms with Crippen molar-refractivity contribution in [2.24, 2.45) is 0 Å². The first kappa shape index (κ1) is 13.0. The van der Waals surface area contributed by atoms with Crippen molar-refractivity contribution in [1.82, 2.24) is 4.98 Å². The number of hydrogen-bond donors (Lipinski definition) is 2. The van der Waals surface area contributed by atoms with Crippen molar-refractivity contribution < 1.29 is 9.18 Å². The highest BCUT2D eigenvalue weighted by atomic mass is 19.1. The van der Waals surface area contributed by atoms with Crippen molar-refractivity contribution >= 4 is 17.3 Å². The Bertz CT molecular complexity index is 613. The second kappa shape index (κ2) is 5.48. The normalized spacial score (nSPS) is 10.1. The van der Waals surface area contributed by atoms with E-state index in [0.717, 1.165) is 0 Å². The summed E-state index contributed by atoms with van der Waals surface area (Å²) >= 11 is 0. The van der Waals surface area contributed by atoms with E-state index in [2.05, 4.69) is 15.6 Å². The van der Waals surface area contributed by atoms with Crippen LogP contribution in [0.3, 0.4) is 0 Å². The van der Waals surface area contributed by atoms with Gasteiger partial charge in [-0.3, -0.25) is 9.78 Å². The van der Waals surface area contributed by atoms with Gasteiger partial charge in [0.1, 0.15) is 5.82 Å². The summed E-state index contributed by atoms with van der Waals surface area (Å²) in [5, 5.41) is 5.64. The maximum absolute atomic E-state index is 13.1. The first-order chi connectivity index (χ1) is 9.11. The molecular formula is C14H14FN3O. The van der Waals surface area contributed by atoms with Gasteiger partial charge in [-0.25, -0.2) is 4.39 Å². The number of carbonyl (C=O) groups excluding carboxylic acids is 1. The van der Waals surface area contributed by atoms with Gasteiger partial charge in [-0.2, -0.15) is 0 Å². The Morgan fingerprint density at radius 1 is 1.32 bits per heavy atom. The zero-order valence-corrected chi connectivity index (χ0v) is 10.7.